The van der Waals surface area contributed by atoms with E-state index in [0.717, 1.165) is 45.4 Å². The molecule has 28 heavy (non-hydrogen) atoms. The Balaban J connectivity index is 1.41. The second kappa shape index (κ2) is 10.3. The third kappa shape index (κ3) is 5.62. The fourth-order valence-electron chi connectivity index (χ4n) is 3.78. The number of nitrogens with zero attached hydrogens (tertiary/aromatic N) is 2. The second-order valence-electron chi connectivity index (χ2n) is 7.32. The van der Waals surface area contributed by atoms with E-state index in [9.17, 15) is 9.90 Å². The molecule has 2 saturated heterocycles. The van der Waals surface area contributed by atoms with Crippen molar-refractivity contribution in [3.63, 3.8) is 0 Å². The molecule has 2 fully saturated rings. The Labute approximate surface area is 166 Å². The maximum atomic E-state index is 12.0. The van der Waals surface area contributed by atoms with E-state index >= 15 is 0 Å². The molecule has 2 amide bonds. The topological polar surface area (TPSA) is 74.3 Å². The zero-order chi connectivity index (χ0) is 19.8. The van der Waals surface area contributed by atoms with Crippen molar-refractivity contribution in [1.29, 1.82) is 0 Å². The Morgan fingerprint density at radius 1 is 1.21 bits per heavy atom. The number of β-amino-alcohol motifs (C(OH)–C–C–N with tert-alkyl or cyclic N) is 1. The van der Waals surface area contributed by atoms with Gasteiger partial charge in [0.05, 0.1) is 0 Å². The van der Waals surface area contributed by atoms with E-state index in [1.165, 1.54) is 0 Å². The summed E-state index contributed by atoms with van der Waals surface area (Å²) in [5.41, 5.74) is 0. The molecule has 1 unspecified atom stereocenters. The van der Waals surface area contributed by atoms with Crippen LogP contribution in [0.2, 0.25) is 0 Å². The van der Waals surface area contributed by atoms with Crippen molar-refractivity contribution in [3.05, 3.63) is 36.9 Å². The number of piperidine rings is 1. The summed E-state index contributed by atoms with van der Waals surface area (Å²) in [7, 11) is 0. The number of aliphatic hydroxyl groups excluding tert-OH is 1. The number of carbonyl (C=O) groups excluding carboxylic acids is 1. The van der Waals surface area contributed by atoms with Gasteiger partial charge in [-0.05, 0) is 31.4 Å². The first kappa shape index (κ1) is 20.5. The fraction of sp³-hybridized carbons (Fsp3) is 0.571. The Bertz CT molecular complexity index is 646. The SMILES string of the molecule is C=CCOc1ccccc1OCC(O)CN1CCC(N2CCCNC2=O)CC1. The number of urea groups is 1. The Kier molecular flexibility index (Phi) is 7.56. The maximum absolute atomic E-state index is 12.0. The van der Waals surface area contributed by atoms with Gasteiger partial charge in [-0.2, -0.15) is 0 Å². The summed E-state index contributed by atoms with van der Waals surface area (Å²) < 4.78 is 11.3. The highest BCUT2D eigenvalue weighted by Gasteiger charge is 2.29. The summed E-state index contributed by atoms with van der Waals surface area (Å²) in [6.45, 7) is 8.22. The molecule has 1 aromatic rings. The molecule has 7 heteroatoms. The number of aliphatic hydroxyl groups is 1. The summed E-state index contributed by atoms with van der Waals surface area (Å²) >= 11 is 0. The molecule has 7 nitrogen and oxygen atoms in total. The molecular weight excluding hydrogens is 358 g/mol. The maximum Gasteiger partial charge on any atom is 0.317 e. The predicted molar refractivity (Wildman–Crippen MR) is 108 cm³/mol. The third-order valence-corrected chi connectivity index (χ3v) is 5.22. The van der Waals surface area contributed by atoms with Gasteiger partial charge in [-0.25, -0.2) is 4.79 Å². The number of nitrogens with one attached hydrogen (secondary N) is 1. The van der Waals surface area contributed by atoms with Crippen molar-refractivity contribution in [2.45, 2.75) is 31.4 Å². The van der Waals surface area contributed by atoms with Crippen LogP contribution in [-0.2, 0) is 0 Å². The highest BCUT2D eigenvalue weighted by atomic mass is 16.5. The molecule has 2 aliphatic rings. The first-order valence-corrected chi connectivity index (χ1v) is 10.1. The van der Waals surface area contributed by atoms with E-state index in [1.54, 1.807) is 6.08 Å². The molecule has 1 aromatic carbocycles. The molecule has 1 atom stereocenters. The lowest BCUT2D eigenvalue weighted by molar-refractivity contribution is 0.0467. The molecule has 0 spiro atoms. The predicted octanol–water partition coefficient (Wildman–Crippen LogP) is 1.87. The lowest BCUT2D eigenvalue weighted by Gasteiger charge is -2.40. The van der Waals surface area contributed by atoms with E-state index in [4.69, 9.17) is 9.47 Å². The molecule has 0 aliphatic carbocycles. The largest absolute Gasteiger partial charge is 0.487 e. The molecule has 0 aromatic heterocycles. The molecule has 0 saturated carbocycles. The van der Waals surface area contributed by atoms with E-state index < -0.39 is 6.10 Å². The summed E-state index contributed by atoms with van der Waals surface area (Å²) in [5.74, 6) is 1.27. The van der Waals surface area contributed by atoms with Gasteiger partial charge in [0, 0.05) is 38.8 Å². The van der Waals surface area contributed by atoms with Gasteiger partial charge in [-0.15, -0.1) is 0 Å². The molecule has 0 radical (unpaired) electrons. The van der Waals surface area contributed by atoms with Crippen LogP contribution in [0.1, 0.15) is 19.3 Å². The average molecular weight is 389 g/mol. The smallest absolute Gasteiger partial charge is 0.317 e. The lowest BCUT2D eigenvalue weighted by atomic mass is 10.0. The van der Waals surface area contributed by atoms with Crippen molar-refractivity contribution < 1.29 is 19.4 Å². The van der Waals surface area contributed by atoms with Crippen molar-refractivity contribution >= 4 is 6.03 Å². The van der Waals surface area contributed by atoms with E-state index in [-0.39, 0.29) is 12.6 Å². The van der Waals surface area contributed by atoms with Crippen molar-refractivity contribution in [1.82, 2.24) is 15.1 Å². The first-order chi connectivity index (χ1) is 13.7. The van der Waals surface area contributed by atoms with Crippen LogP contribution < -0.4 is 14.8 Å². The number of hydrogen-bond donors (Lipinski definition) is 2. The van der Waals surface area contributed by atoms with Gasteiger partial charge in [-0.3, -0.25) is 0 Å². The number of hydrogen-bond acceptors (Lipinski definition) is 5. The van der Waals surface area contributed by atoms with Gasteiger partial charge >= 0.3 is 6.03 Å². The van der Waals surface area contributed by atoms with Gasteiger partial charge in [0.1, 0.15) is 19.3 Å². The molecule has 2 N–H and O–H groups in total. The average Bonchev–Trinajstić information content (AvgIpc) is 2.72. The first-order valence-electron chi connectivity index (χ1n) is 10.1. The van der Waals surface area contributed by atoms with Gasteiger partial charge in [0.25, 0.3) is 0 Å². The Morgan fingerprint density at radius 2 is 1.93 bits per heavy atom. The number of likely N-dealkylation sites (tertiary alicyclic amines) is 1. The number of carbonyl (C=O) groups is 1. The summed E-state index contributed by atoms with van der Waals surface area (Å²) in [6, 6.07) is 7.81. The molecular formula is C21H31N3O4. The van der Waals surface area contributed by atoms with Gasteiger partial charge in [-0.1, -0.05) is 24.8 Å². The van der Waals surface area contributed by atoms with Crippen LogP contribution in [0.4, 0.5) is 4.79 Å². The molecule has 2 aliphatic heterocycles. The standard InChI is InChI=1S/C21H31N3O4/c1-2-14-27-19-6-3-4-7-20(19)28-16-18(25)15-23-12-8-17(9-13-23)24-11-5-10-22-21(24)26/h2-4,6-7,17-18,25H,1,5,8-16H2,(H,22,26). The molecule has 2 heterocycles. The van der Waals surface area contributed by atoms with E-state index in [1.807, 2.05) is 29.2 Å². The number of para-hydroxylation sites is 2. The van der Waals surface area contributed by atoms with E-state index in [2.05, 4.69) is 16.8 Å². The minimum absolute atomic E-state index is 0.0653. The Hall–Kier alpha value is -2.25. The number of amides is 2. The number of benzene rings is 1. The summed E-state index contributed by atoms with van der Waals surface area (Å²) in [6.07, 6.45) is 4.00. The van der Waals surface area contributed by atoms with Gasteiger partial charge < -0.3 is 29.7 Å². The molecule has 154 valence electrons. The molecule has 3 rings (SSSR count). The van der Waals surface area contributed by atoms with Crippen LogP contribution in [-0.4, -0.2) is 79.0 Å². The quantitative estimate of drug-likeness (QED) is 0.631. The molecule has 0 bridgehead atoms. The zero-order valence-electron chi connectivity index (χ0n) is 16.4. The van der Waals surface area contributed by atoms with Crippen LogP contribution in [0, 0.1) is 0 Å². The van der Waals surface area contributed by atoms with Crippen molar-refractivity contribution in [2.24, 2.45) is 0 Å². The highest BCUT2D eigenvalue weighted by Crippen LogP contribution is 2.26. The number of ether oxygens (including phenoxy) is 2. The van der Waals surface area contributed by atoms with Crippen LogP contribution in [0.5, 0.6) is 11.5 Å². The van der Waals surface area contributed by atoms with Crippen molar-refractivity contribution in [3.8, 4) is 11.5 Å². The minimum atomic E-state index is -0.581. The van der Waals surface area contributed by atoms with Crippen LogP contribution in [0.15, 0.2) is 36.9 Å². The number of rotatable bonds is 9. The van der Waals surface area contributed by atoms with Crippen LogP contribution in [0.25, 0.3) is 0 Å². The van der Waals surface area contributed by atoms with Crippen LogP contribution in [0.3, 0.4) is 0 Å². The van der Waals surface area contributed by atoms with Gasteiger partial charge in [0.2, 0.25) is 0 Å². The normalized spacial score (nSPS) is 19.8. The summed E-state index contributed by atoms with van der Waals surface area (Å²) in [5, 5.41) is 13.3. The fourth-order valence-corrected chi connectivity index (χ4v) is 3.78. The summed E-state index contributed by atoms with van der Waals surface area (Å²) in [4.78, 5) is 16.2. The Morgan fingerprint density at radius 3 is 2.61 bits per heavy atom. The van der Waals surface area contributed by atoms with Gasteiger partial charge in [0.15, 0.2) is 11.5 Å². The second-order valence-corrected chi connectivity index (χ2v) is 7.32. The highest BCUT2D eigenvalue weighted by molar-refractivity contribution is 5.75. The monoisotopic (exact) mass is 389 g/mol. The third-order valence-electron chi connectivity index (χ3n) is 5.22. The zero-order valence-corrected chi connectivity index (χ0v) is 16.4. The van der Waals surface area contributed by atoms with Crippen molar-refractivity contribution in [2.75, 3.05) is 45.9 Å². The van der Waals surface area contributed by atoms with E-state index in [0.29, 0.717) is 30.7 Å². The minimum Gasteiger partial charge on any atom is -0.487 e. The van der Waals surface area contributed by atoms with Crippen LogP contribution >= 0.6 is 0 Å². The lowest BCUT2D eigenvalue weighted by Crippen LogP contribution is -2.54.